The van der Waals surface area contributed by atoms with Crippen LogP contribution < -0.4 is 10.3 Å². The largest absolute Gasteiger partial charge is 0.573 e. The summed E-state index contributed by atoms with van der Waals surface area (Å²) in [6, 6.07) is 0. The number of halogens is 5. The van der Waals surface area contributed by atoms with Crippen LogP contribution in [0.4, 0.5) is 22.0 Å². The van der Waals surface area contributed by atoms with Gasteiger partial charge < -0.3 is 14.8 Å². The molecule has 0 bridgehead atoms. The van der Waals surface area contributed by atoms with Gasteiger partial charge in [-0.3, -0.25) is 4.79 Å². The highest BCUT2D eigenvalue weighted by atomic mass is 19.4. The number of hydrogen-bond donors (Lipinski definition) is 2. The first-order chi connectivity index (χ1) is 8.13. The average Bonchev–Trinajstić information content (AvgIpc) is 2.17. The highest BCUT2D eigenvalue weighted by Gasteiger charge is 2.36. The molecule has 0 spiro atoms. The monoisotopic (exact) mass is 273 g/mol. The van der Waals surface area contributed by atoms with Gasteiger partial charge in [0, 0.05) is 6.20 Å². The van der Waals surface area contributed by atoms with Crippen LogP contribution in [-0.4, -0.2) is 22.4 Å². The molecule has 18 heavy (non-hydrogen) atoms. The number of aromatic amines is 1. The van der Waals surface area contributed by atoms with Crippen molar-refractivity contribution in [3.8, 4) is 5.75 Å². The molecule has 100 valence electrons. The minimum Gasteiger partial charge on any atom is -0.478 e. The molecule has 2 N–H and O–H groups in total. The van der Waals surface area contributed by atoms with Gasteiger partial charge in [-0.15, -0.1) is 13.2 Å². The Morgan fingerprint density at radius 2 is 1.94 bits per heavy atom. The predicted molar refractivity (Wildman–Crippen MR) is 45.7 cm³/mol. The lowest BCUT2D eigenvalue weighted by atomic mass is 10.1. The second-order valence-corrected chi connectivity index (χ2v) is 2.93. The number of aromatic nitrogens is 1. The van der Waals surface area contributed by atoms with E-state index in [0.29, 0.717) is 6.20 Å². The molecule has 0 aliphatic heterocycles. The van der Waals surface area contributed by atoms with E-state index in [-0.39, 0.29) is 0 Å². The molecule has 1 heterocycles. The summed E-state index contributed by atoms with van der Waals surface area (Å²) in [6.45, 7) is 0. The van der Waals surface area contributed by atoms with E-state index in [1.165, 1.54) is 0 Å². The Balaban J connectivity index is 3.52. The van der Waals surface area contributed by atoms with Crippen LogP contribution in [0, 0.1) is 0 Å². The zero-order valence-electron chi connectivity index (χ0n) is 8.22. The van der Waals surface area contributed by atoms with E-state index in [1.54, 1.807) is 4.98 Å². The Hall–Kier alpha value is -2.13. The molecular weight excluding hydrogens is 269 g/mol. The first-order valence-corrected chi connectivity index (χ1v) is 4.16. The van der Waals surface area contributed by atoms with Crippen LogP contribution in [0.25, 0.3) is 0 Å². The lowest BCUT2D eigenvalue weighted by Gasteiger charge is -2.13. The first kappa shape index (κ1) is 13.9. The van der Waals surface area contributed by atoms with E-state index in [4.69, 9.17) is 5.11 Å². The topological polar surface area (TPSA) is 79.4 Å². The molecule has 1 rings (SSSR count). The number of carbonyl (C=O) groups is 1. The number of carboxylic acid groups (broad SMARTS) is 1. The van der Waals surface area contributed by atoms with E-state index in [1.807, 2.05) is 0 Å². The van der Waals surface area contributed by atoms with Crippen molar-refractivity contribution in [2.75, 3.05) is 0 Å². The first-order valence-electron chi connectivity index (χ1n) is 4.16. The van der Waals surface area contributed by atoms with Crippen LogP contribution in [0.2, 0.25) is 0 Å². The molecule has 0 aliphatic rings. The summed E-state index contributed by atoms with van der Waals surface area (Å²) in [7, 11) is 0. The fourth-order valence-corrected chi connectivity index (χ4v) is 1.14. The van der Waals surface area contributed by atoms with Crippen LogP contribution in [-0.2, 0) is 0 Å². The quantitative estimate of drug-likeness (QED) is 0.824. The van der Waals surface area contributed by atoms with Gasteiger partial charge in [0.25, 0.3) is 12.0 Å². The zero-order chi connectivity index (χ0) is 14.1. The summed E-state index contributed by atoms with van der Waals surface area (Å²) >= 11 is 0. The zero-order valence-corrected chi connectivity index (χ0v) is 8.22. The number of rotatable bonds is 3. The number of aromatic carboxylic acids is 1. The third kappa shape index (κ3) is 2.96. The summed E-state index contributed by atoms with van der Waals surface area (Å²) < 4.78 is 64.0. The number of pyridine rings is 1. The average molecular weight is 273 g/mol. The van der Waals surface area contributed by atoms with E-state index >= 15 is 0 Å². The Kier molecular flexibility index (Phi) is 3.58. The molecule has 0 saturated carbocycles. The van der Waals surface area contributed by atoms with Crippen LogP contribution in [0.1, 0.15) is 22.3 Å². The van der Waals surface area contributed by atoms with E-state index in [0.717, 1.165) is 0 Å². The third-order valence-corrected chi connectivity index (χ3v) is 1.76. The maximum atomic E-state index is 12.5. The molecule has 0 aromatic carbocycles. The molecule has 0 aliphatic carbocycles. The summed E-state index contributed by atoms with van der Waals surface area (Å²) in [5, 5.41) is 8.54. The van der Waals surface area contributed by atoms with Gasteiger partial charge in [-0.25, -0.2) is 13.6 Å². The summed E-state index contributed by atoms with van der Waals surface area (Å²) in [4.78, 5) is 23.1. The second kappa shape index (κ2) is 4.63. The molecule has 0 fully saturated rings. The van der Waals surface area contributed by atoms with E-state index in [9.17, 15) is 31.5 Å². The molecule has 1 aromatic rings. The van der Waals surface area contributed by atoms with E-state index < -0.39 is 41.2 Å². The number of H-pyrrole nitrogens is 1. The van der Waals surface area contributed by atoms with E-state index in [2.05, 4.69) is 4.74 Å². The van der Waals surface area contributed by atoms with Gasteiger partial charge in [0.2, 0.25) is 5.75 Å². The van der Waals surface area contributed by atoms with Crippen molar-refractivity contribution in [1.29, 1.82) is 0 Å². The molecule has 0 amide bonds. The number of nitrogens with one attached hydrogen (secondary N) is 1. The summed E-state index contributed by atoms with van der Waals surface area (Å²) in [6.07, 6.45) is -8.64. The number of ether oxygens (including phenoxy) is 1. The smallest absolute Gasteiger partial charge is 0.478 e. The molecule has 0 radical (unpaired) electrons. The predicted octanol–water partition coefficient (Wildman–Crippen LogP) is 1.91. The highest BCUT2D eigenvalue weighted by molar-refractivity contribution is 5.89. The second-order valence-electron chi connectivity index (χ2n) is 2.93. The van der Waals surface area contributed by atoms with Crippen molar-refractivity contribution in [2.45, 2.75) is 12.8 Å². The van der Waals surface area contributed by atoms with Gasteiger partial charge in [0.1, 0.15) is 0 Å². The normalized spacial score (nSPS) is 11.7. The maximum Gasteiger partial charge on any atom is 0.573 e. The molecular formula is C8H4F5NO4. The summed E-state index contributed by atoms with van der Waals surface area (Å²) in [5.74, 6) is -3.70. The van der Waals surface area contributed by atoms with Crippen molar-refractivity contribution < 1.29 is 36.6 Å². The van der Waals surface area contributed by atoms with Gasteiger partial charge in [0.15, 0.2) is 0 Å². The van der Waals surface area contributed by atoms with Gasteiger partial charge in [-0.1, -0.05) is 0 Å². The number of hydrogen-bond acceptors (Lipinski definition) is 3. The number of alkyl halides is 5. The minimum absolute atomic E-state index is 0.370. The van der Waals surface area contributed by atoms with Crippen molar-refractivity contribution in [3.05, 3.63) is 27.7 Å². The van der Waals surface area contributed by atoms with Crippen LogP contribution >= 0.6 is 0 Å². The Morgan fingerprint density at radius 1 is 1.39 bits per heavy atom. The number of carboxylic acids is 1. The Bertz CT molecular complexity index is 521. The molecule has 0 atom stereocenters. The highest BCUT2D eigenvalue weighted by Crippen LogP contribution is 2.32. The Morgan fingerprint density at radius 3 is 2.33 bits per heavy atom. The molecule has 10 heteroatoms. The SMILES string of the molecule is O=C(O)c1c[nH]c(=O)c(OC(F)(F)F)c1C(F)F. The molecule has 5 nitrogen and oxygen atoms in total. The standard InChI is InChI=1S/C8H4F5NO4/c9-5(10)3-2(7(16)17)1-14-6(15)4(3)18-8(11,12)13/h1,5H,(H,14,15)(H,16,17). The molecule has 0 unspecified atom stereocenters. The van der Waals surface area contributed by atoms with Gasteiger partial charge in [0.05, 0.1) is 11.1 Å². The van der Waals surface area contributed by atoms with Crippen molar-refractivity contribution in [2.24, 2.45) is 0 Å². The third-order valence-electron chi connectivity index (χ3n) is 1.76. The lowest BCUT2D eigenvalue weighted by Crippen LogP contribution is -2.25. The fraction of sp³-hybridized carbons (Fsp3) is 0.250. The Labute approximate surface area is 94.8 Å². The van der Waals surface area contributed by atoms with Crippen LogP contribution in [0.15, 0.2) is 11.0 Å². The molecule has 0 saturated heterocycles. The van der Waals surface area contributed by atoms with Crippen molar-refractivity contribution in [3.63, 3.8) is 0 Å². The van der Waals surface area contributed by atoms with Gasteiger partial charge in [-0.2, -0.15) is 0 Å². The summed E-state index contributed by atoms with van der Waals surface area (Å²) in [5.41, 5.74) is -4.40. The van der Waals surface area contributed by atoms with Crippen molar-refractivity contribution in [1.82, 2.24) is 4.98 Å². The van der Waals surface area contributed by atoms with Crippen LogP contribution in [0.3, 0.4) is 0 Å². The van der Waals surface area contributed by atoms with Crippen molar-refractivity contribution >= 4 is 5.97 Å². The minimum atomic E-state index is -5.40. The van der Waals surface area contributed by atoms with Gasteiger partial charge in [-0.05, 0) is 0 Å². The van der Waals surface area contributed by atoms with Gasteiger partial charge >= 0.3 is 12.3 Å². The molecule has 1 aromatic heterocycles. The fourth-order valence-electron chi connectivity index (χ4n) is 1.14. The van der Waals surface area contributed by atoms with Crippen LogP contribution in [0.5, 0.6) is 5.75 Å². The maximum absolute atomic E-state index is 12.5. The lowest BCUT2D eigenvalue weighted by molar-refractivity contribution is -0.275.